The van der Waals surface area contributed by atoms with E-state index in [-0.39, 0.29) is 5.57 Å². The minimum absolute atomic E-state index is 0.0183. The number of para-hydroxylation sites is 1. The van der Waals surface area contributed by atoms with Crippen LogP contribution in [0.4, 0.5) is 5.69 Å². The van der Waals surface area contributed by atoms with Crippen LogP contribution in [0.2, 0.25) is 0 Å². The number of nitriles is 1. The monoisotopic (exact) mass is 528 g/mol. The highest BCUT2D eigenvalue weighted by molar-refractivity contribution is 6.10. The number of benzene rings is 3. The van der Waals surface area contributed by atoms with E-state index in [9.17, 15) is 10.1 Å². The van der Waals surface area contributed by atoms with Gasteiger partial charge in [0.05, 0.1) is 13.7 Å². The Morgan fingerprint density at radius 1 is 0.872 bits per heavy atom. The predicted molar refractivity (Wildman–Crippen MR) is 153 cm³/mol. The number of carbonyl (C=O) groups excluding carboxylic acids is 1. The molecule has 0 aliphatic heterocycles. The topological polar surface area (TPSA) is 89.8 Å². The van der Waals surface area contributed by atoms with E-state index >= 15 is 0 Å². The van der Waals surface area contributed by atoms with Crippen LogP contribution in [0.25, 0.3) is 6.08 Å². The molecule has 1 N–H and O–H groups in total. The van der Waals surface area contributed by atoms with Crippen LogP contribution < -0.4 is 24.3 Å². The van der Waals surface area contributed by atoms with E-state index in [2.05, 4.69) is 12.2 Å². The molecular weight excluding hydrogens is 492 g/mol. The molecule has 3 rings (SSSR count). The van der Waals surface area contributed by atoms with Gasteiger partial charge in [-0.05, 0) is 73.0 Å². The van der Waals surface area contributed by atoms with Gasteiger partial charge in [-0.2, -0.15) is 5.26 Å². The standard InChI is InChI=1S/C32H36N2O5/c1-4-5-6-9-18-37-27-13-15-28(16-14-27)38-19-20-39-30-17-12-25(22-31(30)36-3)21-26(23-33)32(35)34-29-11-8-7-10-24(29)2/h7-8,10-17,21-22H,4-6,9,18-20H2,1-3H3,(H,34,35)/b26-21+. The number of hydrogen-bond donors (Lipinski definition) is 1. The summed E-state index contributed by atoms with van der Waals surface area (Å²) in [7, 11) is 1.54. The molecule has 3 aromatic rings. The van der Waals surface area contributed by atoms with Gasteiger partial charge >= 0.3 is 0 Å². The maximum Gasteiger partial charge on any atom is 0.266 e. The quantitative estimate of drug-likeness (QED) is 0.130. The number of amides is 1. The summed E-state index contributed by atoms with van der Waals surface area (Å²) in [5.74, 6) is 2.11. The lowest BCUT2D eigenvalue weighted by Gasteiger charge is -2.13. The Kier molecular flexibility index (Phi) is 11.7. The molecule has 0 atom stereocenters. The first kappa shape index (κ1) is 29.1. The molecule has 0 saturated carbocycles. The Balaban J connectivity index is 1.50. The lowest BCUT2D eigenvalue weighted by Crippen LogP contribution is -2.14. The van der Waals surface area contributed by atoms with Crippen LogP contribution >= 0.6 is 0 Å². The summed E-state index contributed by atoms with van der Waals surface area (Å²) in [5, 5.41) is 12.3. The van der Waals surface area contributed by atoms with Gasteiger partial charge in [0.25, 0.3) is 5.91 Å². The Morgan fingerprint density at radius 3 is 2.23 bits per heavy atom. The molecule has 0 aliphatic rings. The number of methoxy groups -OCH3 is 1. The zero-order valence-corrected chi connectivity index (χ0v) is 22.9. The third-order valence-electron chi connectivity index (χ3n) is 5.96. The van der Waals surface area contributed by atoms with Crippen LogP contribution in [0.3, 0.4) is 0 Å². The highest BCUT2D eigenvalue weighted by Crippen LogP contribution is 2.29. The number of hydrogen-bond acceptors (Lipinski definition) is 6. The first-order valence-electron chi connectivity index (χ1n) is 13.2. The Hall–Kier alpha value is -4.44. The summed E-state index contributed by atoms with van der Waals surface area (Å²) >= 11 is 0. The molecule has 1 amide bonds. The minimum Gasteiger partial charge on any atom is -0.494 e. The van der Waals surface area contributed by atoms with Crippen molar-refractivity contribution in [3.05, 3.63) is 83.4 Å². The molecule has 0 unspecified atom stereocenters. The number of nitrogens with zero attached hydrogens (tertiary/aromatic N) is 1. The van der Waals surface area contributed by atoms with E-state index in [1.54, 1.807) is 24.3 Å². The second-order valence-electron chi connectivity index (χ2n) is 8.93. The summed E-state index contributed by atoms with van der Waals surface area (Å²) in [6, 6.07) is 22.2. The molecule has 0 bridgehead atoms. The van der Waals surface area contributed by atoms with Crippen LogP contribution in [-0.2, 0) is 4.79 Å². The largest absolute Gasteiger partial charge is 0.494 e. The third-order valence-corrected chi connectivity index (χ3v) is 5.96. The summed E-state index contributed by atoms with van der Waals surface area (Å²) in [6.45, 7) is 5.47. The summed E-state index contributed by atoms with van der Waals surface area (Å²) in [5.41, 5.74) is 2.19. The number of aryl methyl sites for hydroxylation is 1. The SMILES string of the molecule is CCCCCCOc1ccc(OCCOc2ccc(/C=C(\C#N)C(=O)Nc3ccccc3C)cc2OC)cc1. The molecule has 7 heteroatoms. The highest BCUT2D eigenvalue weighted by atomic mass is 16.5. The average molecular weight is 529 g/mol. The molecule has 3 aromatic carbocycles. The van der Waals surface area contributed by atoms with Crippen LogP contribution in [0.15, 0.2) is 72.3 Å². The zero-order chi connectivity index (χ0) is 27.9. The lowest BCUT2D eigenvalue weighted by atomic mass is 10.1. The third kappa shape index (κ3) is 9.42. The van der Waals surface area contributed by atoms with E-state index in [1.807, 2.05) is 55.5 Å². The predicted octanol–water partition coefficient (Wildman–Crippen LogP) is 6.97. The van der Waals surface area contributed by atoms with Crippen molar-refractivity contribution in [2.75, 3.05) is 32.2 Å². The number of rotatable bonds is 15. The van der Waals surface area contributed by atoms with Gasteiger partial charge in [-0.15, -0.1) is 0 Å². The van der Waals surface area contributed by atoms with Gasteiger partial charge in [-0.1, -0.05) is 50.5 Å². The maximum atomic E-state index is 12.6. The maximum absolute atomic E-state index is 12.6. The number of nitrogens with one attached hydrogen (secondary N) is 1. The Labute approximate surface area is 231 Å². The second kappa shape index (κ2) is 15.7. The molecule has 39 heavy (non-hydrogen) atoms. The van der Waals surface area contributed by atoms with E-state index in [4.69, 9.17) is 18.9 Å². The van der Waals surface area contributed by atoms with Gasteiger partial charge in [-0.25, -0.2) is 0 Å². The Morgan fingerprint density at radius 2 is 1.56 bits per heavy atom. The Bertz CT molecular complexity index is 1280. The van der Waals surface area contributed by atoms with Crippen molar-refractivity contribution >= 4 is 17.7 Å². The smallest absolute Gasteiger partial charge is 0.266 e. The number of anilines is 1. The van der Waals surface area contributed by atoms with Crippen molar-refractivity contribution in [2.24, 2.45) is 0 Å². The fraction of sp³-hybridized carbons (Fsp3) is 0.312. The van der Waals surface area contributed by atoms with E-state index in [1.165, 1.54) is 32.4 Å². The van der Waals surface area contributed by atoms with E-state index < -0.39 is 5.91 Å². The molecule has 0 saturated heterocycles. The van der Waals surface area contributed by atoms with Crippen molar-refractivity contribution in [1.29, 1.82) is 5.26 Å². The van der Waals surface area contributed by atoms with Gasteiger partial charge in [0, 0.05) is 5.69 Å². The fourth-order valence-electron chi connectivity index (χ4n) is 3.77. The highest BCUT2D eigenvalue weighted by Gasteiger charge is 2.12. The number of unbranched alkanes of at least 4 members (excludes halogenated alkanes) is 3. The fourth-order valence-corrected chi connectivity index (χ4v) is 3.77. The van der Waals surface area contributed by atoms with E-state index in [0.717, 1.165) is 30.1 Å². The first-order valence-corrected chi connectivity index (χ1v) is 13.2. The summed E-state index contributed by atoms with van der Waals surface area (Å²) in [4.78, 5) is 12.6. The lowest BCUT2D eigenvalue weighted by molar-refractivity contribution is -0.112. The summed E-state index contributed by atoms with van der Waals surface area (Å²) in [6.07, 6.45) is 6.22. The van der Waals surface area contributed by atoms with Gasteiger partial charge in [0.1, 0.15) is 36.4 Å². The minimum atomic E-state index is -0.477. The van der Waals surface area contributed by atoms with Crippen molar-refractivity contribution in [3.63, 3.8) is 0 Å². The molecule has 0 aliphatic carbocycles. The van der Waals surface area contributed by atoms with Gasteiger partial charge < -0.3 is 24.3 Å². The zero-order valence-electron chi connectivity index (χ0n) is 22.9. The van der Waals surface area contributed by atoms with Gasteiger partial charge in [0.15, 0.2) is 11.5 Å². The van der Waals surface area contributed by atoms with Crippen LogP contribution in [0.1, 0.15) is 43.7 Å². The van der Waals surface area contributed by atoms with Crippen LogP contribution in [0.5, 0.6) is 23.0 Å². The number of carbonyl (C=O) groups is 1. The van der Waals surface area contributed by atoms with Crippen LogP contribution in [-0.4, -0.2) is 32.8 Å². The molecule has 204 valence electrons. The van der Waals surface area contributed by atoms with Gasteiger partial charge in [0.2, 0.25) is 0 Å². The molecule has 0 spiro atoms. The van der Waals surface area contributed by atoms with Crippen molar-refractivity contribution in [1.82, 2.24) is 0 Å². The second-order valence-corrected chi connectivity index (χ2v) is 8.93. The molecule has 0 fully saturated rings. The average Bonchev–Trinajstić information content (AvgIpc) is 2.96. The van der Waals surface area contributed by atoms with Gasteiger partial charge in [-0.3, -0.25) is 4.79 Å². The molecule has 7 nitrogen and oxygen atoms in total. The summed E-state index contributed by atoms with van der Waals surface area (Å²) < 4.78 is 22.8. The van der Waals surface area contributed by atoms with Crippen LogP contribution in [0, 0.1) is 18.3 Å². The van der Waals surface area contributed by atoms with E-state index in [0.29, 0.717) is 36.0 Å². The normalized spacial score (nSPS) is 10.9. The molecule has 0 radical (unpaired) electrons. The molecule has 0 aromatic heterocycles. The first-order chi connectivity index (χ1) is 19.0. The number of ether oxygens (including phenoxy) is 4. The van der Waals surface area contributed by atoms with Crippen molar-refractivity contribution < 1.29 is 23.7 Å². The van der Waals surface area contributed by atoms with Crippen molar-refractivity contribution in [3.8, 4) is 29.1 Å². The molecular formula is C32H36N2O5. The molecule has 0 heterocycles. The van der Waals surface area contributed by atoms with Crippen molar-refractivity contribution in [2.45, 2.75) is 39.5 Å².